The molecule has 1 aromatic carbocycles. The highest BCUT2D eigenvalue weighted by molar-refractivity contribution is 5.59. The Balaban J connectivity index is 2.06. The zero-order valence-corrected chi connectivity index (χ0v) is 13.2. The molecule has 2 aromatic rings. The second kappa shape index (κ2) is 8.32. The third-order valence-corrected chi connectivity index (χ3v) is 3.38. The summed E-state index contributed by atoms with van der Waals surface area (Å²) in [5.74, 6) is -0.283. The number of aromatic nitrogens is 1. The molecule has 0 fully saturated rings. The first-order valence-electron chi connectivity index (χ1n) is 7.32. The van der Waals surface area contributed by atoms with Gasteiger partial charge >= 0.3 is 5.69 Å². The third kappa shape index (κ3) is 4.46. The zero-order valence-electron chi connectivity index (χ0n) is 13.2. The number of nitrogens with one attached hydrogen (secondary N) is 1. The summed E-state index contributed by atoms with van der Waals surface area (Å²) < 4.78 is 19.1. The molecule has 0 radical (unpaired) electrons. The first kappa shape index (κ1) is 17.8. The summed E-state index contributed by atoms with van der Waals surface area (Å²) in [7, 11) is 0. The average Bonchev–Trinajstić information content (AvgIpc) is 2.54. The molecule has 0 bridgehead atoms. The van der Waals surface area contributed by atoms with E-state index in [1.54, 1.807) is 25.1 Å². The lowest BCUT2D eigenvalue weighted by Gasteiger charge is -2.09. The van der Waals surface area contributed by atoms with Crippen molar-refractivity contribution in [2.75, 3.05) is 18.5 Å². The lowest BCUT2D eigenvalue weighted by atomic mass is 10.1. The number of aliphatic hydroxyl groups is 1. The van der Waals surface area contributed by atoms with E-state index in [9.17, 15) is 14.5 Å². The monoisotopic (exact) mass is 335 g/mol. The summed E-state index contributed by atoms with van der Waals surface area (Å²) in [5, 5.41) is 22.6. The smallest absolute Gasteiger partial charge is 0.314 e. The van der Waals surface area contributed by atoms with Gasteiger partial charge in [0.2, 0.25) is 5.82 Å². The van der Waals surface area contributed by atoms with E-state index in [2.05, 4.69) is 10.3 Å². The van der Waals surface area contributed by atoms with Gasteiger partial charge in [-0.1, -0.05) is 12.1 Å². The number of aryl methyl sites for hydroxylation is 1. The Morgan fingerprint density at radius 1 is 1.42 bits per heavy atom. The Hall–Kier alpha value is -2.58. The Morgan fingerprint density at radius 3 is 2.88 bits per heavy atom. The SMILES string of the molecule is Cc1ccnc(NCc2ccc(COCCO)c(F)c2)c1[N+](=O)[O-]. The second-order valence-electron chi connectivity index (χ2n) is 5.14. The molecule has 128 valence electrons. The maximum atomic E-state index is 14.0. The molecule has 0 aliphatic heterocycles. The van der Waals surface area contributed by atoms with Gasteiger partial charge in [-0.3, -0.25) is 10.1 Å². The number of hydrogen-bond donors (Lipinski definition) is 2. The van der Waals surface area contributed by atoms with Crippen LogP contribution < -0.4 is 5.32 Å². The number of ether oxygens (including phenoxy) is 1. The molecule has 8 heteroatoms. The van der Waals surface area contributed by atoms with Crippen molar-refractivity contribution in [3.63, 3.8) is 0 Å². The van der Waals surface area contributed by atoms with Crippen molar-refractivity contribution in [2.24, 2.45) is 0 Å². The summed E-state index contributed by atoms with van der Waals surface area (Å²) in [4.78, 5) is 14.6. The molecule has 0 aliphatic carbocycles. The zero-order chi connectivity index (χ0) is 17.5. The lowest BCUT2D eigenvalue weighted by Crippen LogP contribution is -2.07. The highest BCUT2D eigenvalue weighted by atomic mass is 19.1. The van der Waals surface area contributed by atoms with Gasteiger partial charge in [-0.2, -0.15) is 0 Å². The van der Waals surface area contributed by atoms with Gasteiger partial charge in [-0.05, 0) is 24.6 Å². The number of pyridine rings is 1. The summed E-state index contributed by atoms with van der Waals surface area (Å²) >= 11 is 0. The Bertz CT molecular complexity index is 724. The van der Waals surface area contributed by atoms with Crippen molar-refractivity contribution in [2.45, 2.75) is 20.1 Å². The van der Waals surface area contributed by atoms with Gasteiger partial charge in [0.25, 0.3) is 0 Å². The third-order valence-electron chi connectivity index (χ3n) is 3.38. The Morgan fingerprint density at radius 2 is 2.21 bits per heavy atom. The quantitative estimate of drug-likeness (QED) is 0.437. The van der Waals surface area contributed by atoms with E-state index < -0.39 is 10.7 Å². The van der Waals surface area contributed by atoms with Crippen LogP contribution in [0.3, 0.4) is 0 Å². The van der Waals surface area contributed by atoms with Crippen LogP contribution in [0.25, 0.3) is 0 Å². The molecule has 2 rings (SSSR count). The van der Waals surface area contributed by atoms with E-state index in [0.29, 0.717) is 16.7 Å². The standard InChI is InChI=1S/C16H18FN3O4/c1-11-4-5-18-16(15(11)20(22)23)19-9-12-2-3-13(14(17)8-12)10-24-7-6-21/h2-5,8,21H,6-7,9-10H2,1H3,(H,18,19). The number of nitro groups is 1. The molecule has 1 heterocycles. The first-order valence-corrected chi connectivity index (χ1v) is 7.32. The van der Waals surface area contributed by atoms with Crippen LogP contribution in [0, 0.1) is 22.9 Å². The van der Waals surface area contributed by atoms with Crippen LogP contribution >= 0.6 is 0 Å². The van der Waals surface area contributed by atoms with Gasteiger partial charge in [0.1, 0.15) is 5.82 Å². The topological polar surface area (TPSA) is 97.5 Å². The maximum absolute atomic E-state index is 14.0. The minimum atomic E-state index is -0.493. The molecule has 0 aliphatic rings. The molecule has 0 amide bonds. The first-order chi connectivity index (χ1) is 11.5. The molecule has 0 atom stereocenters. The molecule has 24 heavy (non-hydrogen) atoms. The van der Waals surface area contributed by atoms with Crippen LogP contribution in [0.4, 0.5) is 15.9 Å². The van der Waals surface area contributed by atoms with Crippen molar-refractivity contribution in [3.05, 3.63) is 63.1 Å². The number of hydrogen-bond acceptors (Lipinski definition) is 6. The number of rotatable bonds is 8. The molecule has 0 unspecified atom stereocenters. The molecule has 7 nitrogen and oxygen atoms in total. The van der Waals surface area contributed by atoms with Crippen molar-refractivity contribution in [1.29, 1.82) is 0 Å². The van der Waals surface area contributed by atoms with E-state index >= 15 is 0 Å². The minimum absolute atomic E-state index is 0.0744. The predicted molar refractivity (Wildman–Crippen MR) is 86.1 cm³/mol. The van der Waals surface area contributed by atoms with Crippen LogP contribution in [0.5, 0.6) is 0 Å². The highest BCUT2D eigenvalue weighted by Crippen LogP contribution is 2.26. The molecule has 2 N–H and O–H groups in total. The summed E-state index contributed by atoms with van der Waals surface area (Å²) in [6.07, 6.45) is 1.48. The van der Waals surface area contributed by atoms with Gasteiger partial charge in [0, 0.05) is 23.9 Å². The molecular formula is C16H18FN3O4. The van der Waals surface area contributed by atoms with Crippen LogP contribution in [-0.4, -0.2) is 28.2 Å². The summed E-state index contributed by atoms with van der Waals surface area (Å²) in [5.41, 5.74) is 1.41. The molecule has 0 saturated heterocycles. The largest absolute Gasteiger partial charge is 0.394 e. The average molecular weight is 335 g/mol. The van der Waals surface area contributed by atoms with Gasteiger partial charge in [0.15, 0.2) is 0 Å². The number of aliphatic hydroxyl groups excluding tert-OH is 1. The molecule has 0 spiro atoms. The lowest BCUT2D eigenvalue weighted by molar-refractivity contribution is -0.384. The number of halogens is 1. The molecular weight excluding hydrogens is 317 g/mol. The molecule has 0 saturated carbocycles. The van der Waals surface area contributed by atoms with Gasteiger partial charge in [0.05, 0.1) is 24.7 Å². The number of anilines is 1. The van der Waals surface area contributed by atoms with E-state index in [-0.39, 0.29) is 37.9 Å². The van der Waals surface area contributed by atoms with Crippen molar-refractivity contribution >= 4 is 11.5 Å². The van der Waals surface area contributed by atoms with E-state index in [1.807, 2.05) is 0 Å². The fourth-order valence-electron chi connectivity index (χ4n) is 2.16. The van der Waals surface area contributed by atoms with Crippen molar-refractivity contribution in [1.82, 2.24) is 4.98 Å². The number of nitrogens with zero attached hydrogens (tertiary/aromatic N) is 2. The second-order valence-corrected chi connectivity index (χ2v) is 5.14. The highest BCUT2D eigenvalue weighted by Gasteiger charge is 2.18. The van der Waals surface area contributed by atoms with Crippen LogP contribution in [0.2, 0.25) is 0 Å². The van der Waals surface area contributed by atoms with Gasteiger partial charge in [-0.15, -0.1) is 0 Å². The Labute approximate surface area is 138 Å². The van der Waals surface area contributed by atoms with E-state index in [1.165, 1.54) is 12.3 Å². The molecule has 1 aromatic heterocycles. The summed E-state index contributed by atoms with van der Waals surface area (Å²) in [6.45, 7) is 1.93. The van der Waals surface area contributed by atoms with Gasteiger partial charge in [-0.25, -0.2) is 9.37 Å². The summed E-state index contributed by atoms with van der Waals surface area (Å²) in [6, 6.07) is 6.19. The van der Waals surface area contributed by atoms with E-state index in [4.69, 9.17) is 9.84 Å². The van der Waals surface area contributed by atoms with E-state index in [0.717, 1.165) is 0 Å². The predicted octanol–water partition coefficient (Wildman–Crippen LogP) is 2.56. The van der Waals surface area contributed by atoms with Gasteiger partial charge < -0.3 is 15.2 Å². The van der Waals surface area contributed by atoms with Crippen molar-refractivity contribution in [3.8, 4) is 0 Å². The maximum Gasteiger partial charge on any atom is 0.314 e. The van der Waals surface area contributed by atoms with Crippen LogP contribution in [0.1, 0.15) is 16.7 Å². The fourth-order valence-corrected chi connectivity index (χ4v) is 2.16. The normalized spacial score (nSPS) is 10.6. The number of benzene rings is 1. The Kier molecular flexibility index (Phi) is 6.16. The fraction of sp³-hybridized carbons (Fsp3) is 0.312. The van der Waals surface area contributed by atoms with Crippen LogP contribution in [0.15, 0.2) is 30.5 Å². The van der Waals surface area contributed by atoms with Crippen molar-refractivity contribution < 1.29 is 19.2 Å². The minimum Gasteiger partial charge on any atom is -0.394 e. The van der Waals surface area contributed by atoms with Crippen LogP contribution in [-0.2, 0) is 17.9 Å².